The van der Waals surface area contributed by atoms with E-state index in [1.807, 2.05) is 24.6 Å². The third kappa shape index (κ3) is 2.13. The molecule has 2 N–H and O–H groups in total. The van der Waals surface area contributed by atoms with Crippen molar-refractivity contribution < 1.29 is 4.79 Å². The van der Waals surface area contributed by atoms with Crippen molar-refractivity contribution in [3.8, 4) is 0 Å². The minimum atomic E-state index is -0.226. The number of carbonyl (C=O) groups excluding carboxylic acids is 1. The molecule has 0 aliphatic heterocycles. The number of anilines is 1. The van der Waals surface area contributed by atoms with Crippen LogP contribution in [0.25, 0.3) is 11.0 Å². The molecule has 0 aliphatic carbocycles. The SMILES string of the molecule is CC(C)n1ncc2cc(NC(=O)c3cn[nH]c3)cnc21. The molecule has 0 saturated carbocycles. The van der Waals surface area contributed by atoms with Gasteiger partial charge in [-0.05, 0) is 19.9 Å². The third-order valence-corrected chi connectivity index (χ3v) is 2.94. The van der Waals surface area contributed by atoms with E-state index in [4.69, 9.17) is 0 Å². The Hall–Kier alpha value is -2.70. The summed E-state index contributed by atoms with van der Waals surface area (Å²) >= 11 is 0. The van der Waals surface area contributed by atoms with E-state index in [0.29, 0.717) is 11.3 Å². The first kappa shape index (κ1) is 12.3. The number of aromatic amines is 1. The van der Waals surface area contributed by atoms with Gasteiger partial charge in [0, 0.05) is 17.6 Å². The van der Waals surface area contributed by atoms with Gasteiger partial charge >= 0.3 is 0 Å². The summed E-state index contributed by atoms with van der Waals surface area (Å²) in [6, 6.07) is 2.10. The van der Waals surface area contributed by atoms with Crippen molar-refractivity contribution in [2.24, 2.45) is 0 Å². The summed E-state index contributed by atoms with van der Waals surface area (Å²) in [4.78, 5) is 16.3. The van der Waals surface area contributed by atoms with Gasteiger partial charge in [-0.1, -0.05) is 0 Å². The lowest BCUT2D eigenvalue weighted by atomic mass is 10.3. The Balaban J connectivity index is 1.88. The molecule has 0 spiro atoms. The van der Waals surface area contributed by atoms with Crippen molar-refractivity contribution in [1.29, 1.82) is 0 Å². The van der Waals surface area contributed by atoms with E-state index in [0.717, 1.165) is 11.0 Å². The Bertz CT molecular complexity index is 743. The number of nitrogens with one attached hydrogen (secondary N) is 2. The normalized spacial score (nSPS) is 11.2. The maximum atomic E-state index is 11.9. The number of carbonyl (C=O) groups is 1. The molecule has 0 atom stereocenters. The van der Waals surface area contributed by atoms with Gasteiger partial charge in [0.15, 0.2) is 5.65 Å². The summed E-state index contributed by atoms with van der Waals surface area (Å²) in [5.74, 6) is -0.226. The molecule has 3 aromatic heterocycles. The number of hydrogen-bond donors (Lipinski definition) is 2. The van der Waals surface area contributed by atoms with E-state index in [2.05, 4.69) is 25.6 Å². The van der Waals surface area contributed by atoms with Crippen LogP contribution in [0.15, 0.2) is 30.9 Å². The fraction of sp³-hybridized carbons (Fsp3) is 0.231. The van der Waals surface area contributed by atoms with Crippen LogP contribution in [0.1, 0.15) is 30.2 Å². The van der Waals surface area contributed by atoms with Gasteiger partial charge in [0.25, 0.3) is 5.91 Å². The molecule has 0 aromatic carbocycles. The lowest BCUT2D eigenvalue weighted by Crippen LogP contribution is -2.11. The van der Waals surface area contributed by atoms with Gasteiger partial charge in [0.1, 0.15) is 0 Å². The lowest BCUT2D eigenvalue weighted by molar-refractivity contribution is 0.102. The molecule has 0 bridgehead atoms. The van der Waals surface area contributed by atoms with Gasteiger partial charge in [0.05, 0.1) is 29.8 Å². The first-order valence-corrected chi connectivity index (χ1v) is 6.28. The number of rotatable bonds is 3. The summed E-state index contributed by atoms with van der Waals surface area (Å²) in [5.41, 5.74) is 1.91. The summed E-state index contributed by atoms with van der Waals surface area (Å²) in [6.07, 6.45) is 6.38. The van der Waals surface area contributed by atoms with Crippen LogP contribution in [0.5, 0.6) is 0 Å². The van der Waals surface area contributed by atoms with E-state index in [1.165, 1.54) is 12.4 Å². The van der Waals surface area contributed by atoms with Gasteiger partial charge < -0.3 is 5.32 Å². The maximum absolute atomic E-state index is 11.9. The molecule has 3 rings (SSSR count). The smallest absolute Gasteiger partial charge is 0.258 e. The number of pyridine rings is 1. The lowest BCUT2D eigenvalue weighted by Gasteiger charge is -2.07. The monoisotopic (exact) mass is 270 g/mol. The quantitative estimate of drug-likeness (QED) is 0.761. The molecule has 20 heavy (non-hydrogen) atoms. The zero-order valence-corrected chi connectivity index (χ0v) is 11.2. The van der Waals surface area contributed by atoms with Crippen LogP contribution in [-0.4, -0.2) is 30.9 Å². The first-order valence-electron chi connectivity index (χ1n) is 6.28. The minimum Gasteiger partial charge on any atom is -0.320 e. The highest BCUT2D eigenvalue weighted by Crippen LogP contribution is 2.19. The maximum Gasteiger partial charge on any atom is 0.258 e. The Morgan fingerprint density at radius 1 is 1.35 bits per heavy atom. The van der Waals surface area contributed by atoms with Crippen LogP contribution in [0.4, 0.5) is 5.69 Å². The summed E-state index contributed by atoms with van der Waals surface area (Å²) in [7, 11) is 0. The van der Waals surface area contributed by atoms with E-state index < -0.39 is 0 Å². The molecule has 3 aromatic rings. The van der Waals surface area contributed by atoms with Crippen LogP contribution in [0, 0.1) is 0 Å². The molecule has 7 nitrogen and oxygen atoms in total. The molecule has 0 saturated heterocycles. The molecular weight excluding hydrogens is 256 g/mol. The van der Waals surface area contributed by atoms with Crippen molar-refractivity contribution >= 4 is 22.6 Å². The van der Waals surface area contributed by atoms with Crippen LogP contribution < -0.4 is 5.32 Å². The molecule has 0 fully saturated rings. The Kier molecular flexibility index (Phi) is 2.94. The molecular formula is C13H14N6O. The highest BCUT2D eigenvalue weighted by Gasteiger charge is 2.10. The highest BCUT2D eigenvalue weighted by atomic mass is 16.1. The highest BCUT2D eigenvalue weighted by molar-refractivity contribution is 6.04. The van der Waals surface area contributed by atoms with E-state index >= 15 is 0 Å². The number of amides is 1. The minimum absolute atomic E-state index is 0.226. The summed E-state index contributed by atoms with van der Waals surface area (Å²) in [6.45, 7) is 4.09. The second kappa shape index (κ2) is 4.76. The molecule has 0 unspecified atom stereocenters. The van der Waals surface area contributed by atoms with Gasteiger partial charge in [-0.15, -0.1) is 0 Å². The first-order chi connectivity index (χ1) is 9.65. The molecule has 1 amide bonds. The van der Waals surface area contributed by atoms with Crippen LogP contribution >= 0.6 is 0 Å². The topological polar surface area (TPSA) is 88.5 Å². The van der Waals surface area contributed by atoms with Crippen molar-refractivity contribution in [2.75, 3.05) is 5.32 Å². The van der Waals surface area contributed by atoms with Gasteiger partial charge in [-0.25, -0.2) is 9.67 Å². The second-order valence-electron chi connectivity index (χ2n) is 4.76. The third-order valence-electron chi connectivity index (χ3n) is 2.94. The molecule has 102 valence electrons. The van der Waals surface area contributed by atoms with Crippen molar-refractivity contribution in [3.63, 3.8) is 0 Å². The van der Waals surface area contributed by atoms with Crippen LogP contribution in [0.2, 0.25) is 0 Å². The van der Waals surface area contributed by atoms with Crippen molar-refractivity contribution in [2.45, 2.75) is 19.9 Å². The zero-order valence-electron chi connectivity index (χ0n) is 11.2. The molecule has 0 aliphatic rings. The average Bonchev–Trinajstić information content (AvgIpc) is 3.07. The largest absolute Gasteiger partial charge is 0.320 e. The average molecular weight is 270 g/mol. The zero-order chi connectivity index (χ0) is 14.1. The second-order valence-corrected chi connectivity index (χ2v) is 4.76. The summed E-state index contributed by atoms with van der Waals surface area (Å²) in [5, 5.41) is 14.3. The summed E-state index contributed by atoms with van der Waals surface area (Å²) < 4.78 is 1.84. The molecule has 7 heteroatoms. The molecule has 3 heterocycles. The Morgan fingerprint density at radius 3 is 2.90 bits per heavy atom. The predicted molar refractivity (Wildman–Crippen MR) is 74.5 cm³/mol. The van der Waals surface area contributed by atoms with Gasteiger partial charge in [-0.3, -0.25) is 9.89 Å². The number of nitrogens with zero attached hydrogens (tertiary/aromatic N) is 4. The predicted octanol–water partition coefficient (Wildman–Crippen LogP) is 1.99. The van der Waals surface area contributed by atoms with E-state index in [1.54, 1.807) is 12.4 Å². The number of H-pyrrole nitrogens is 1. The van der Waals surface area contributed by atoms with Gasteiger partial charge in [0.2, 0.25) is 0 Å². The fourth-order valence-electron chi connectivity index (χ4n) is 1.96. The van der Waals surface area contributed by atoms with Crippen LogP contribution in [0.3, 0.4) is 0 Å². The Labute approximate surface area is 115 Å². The number of hydrogen-bond acceptors (Lipinski definition) is 4. The Morgan fingerprint density at radius 2 is 2.20 bits per heavy atom. The number of aromatic nitrogens is 5. The standard InChI is InChI=1S/C13H14N6O/c1-8(2)19-12-9(6-17-19)3-11(7-14-12)18-13(20)10-4-15-16-5-10/h3-8H,1-2H3,(H,15,16)(H,18,20). The van der Waals surface area contributed by atoms with Crippen molar-refractivity contribution in [3.05, 3.63) is 36.4 Å². The van der Waals surface area contributed by atoms with Crippen LogP contribution in [-0.2, 0) is 0 Å². The van der Waals surface area contributed by atoms with Crippen molar-refractivity contribution in [1.82, 2.24) is 25.0 Å². The van der Waals surface area contributed by atoms with E-state index in [9.17, 15) is 4.79 Å². The fourth-order valence-corrected chi connectivity index (χ4v) is 1.96. The molecule has 0 radical (unpaired) electrons. The van der Waals surface area contributed by atoms with Gasteiger partial charge in [-0.2, -0.15) is 10.2 Å². The van der Waals surface area contributed by atoms with E-state index in [-0.39, 0.29) is 11.9 Å². The number of fused-ring (bicyclic) bond motifs is 1.